The van der Waals surface area contributed by atoms with Crippen LogP contribution in [-0.2, 0) is 4.43 Å². The van der Waals surface area contributed by atoms with E-state index in [9.17, 15) is 0 Å². The minimum Gasteiger partial charge on any atom is -0.552 e. The predicted octanol–water partition coefficient (Wildman–Crippen LogP) is 5.74. The Morgan fingerprint density at radius 2 is 1.47 bits per heavy atom. The standard InChI is InChI=1S/C17H36OSi/c1-6-9-10-11-12-13-14-15-16(4)18-19-17(5,7-2)8-3/h4,6-15,19H2,1-3,5H3. The highest BCUT2D eigenvalue weighted by Crippen LogP contribution is 2.33. The van der Waals surface area contributed by atoms with Crippen molar-refractivity contribution in [3.63, 3.8) is 0 Å². The first-order valence-corrected chi connectivity index (χ1v) is 9.67. The Morgan fingerprint density at radius 1 is 0.947 bits per heavy atom. The van der Waals surface area contributed by atoms with E-state index in [4.69, 9.17) is 4.43 Å². The van der Waals surface area contributed by atoms with Crippen molar-refractivity contribution >= 4 is 9.76 Å². The van der Waals surface area contributed by atoms with E-state index in [2.05, 4.69) is 34.3 Å². The number of unbranched alkanes of at least 4 members (excludes halogenated alkanes) is 6. The van der Waals surface area contributed by atoms with E-state index in [1.165, 1.54) is 57.8 Å². The molecule has 0 aliphatic heterocycles. The van der Waals surface area contributed by atoms with Gasteiger partial charge in [-0.3, -0.25) is 0 Å². The lowest BCUT2D eigenvalue weighted by atomic mass is 10.1. The fraction of sp³-hybridized carbons (Fsp3) is 0.882. The molecule has 0 saturated heterocycles. The van der Waals surface area contributed by atoms with Gasteiger partial charge in [0.15, 0.2) is 0 Å². The fourth-order valence-electron chi connectivity index (χ4n) is 2.08. The maximum absolute atomic E-state index is 5.98. The van der Waals surface area contributed by atoms with Crippen molar-refractivity contribution in [2.24, 2.45) is 0 Å². The Morgan fingerprint density at radius 3 is 2.00 bits per heavy atom. The van der Waals surface area contributed by atoms with Gasteiger partial charge >= 0.3 is 0 Å². The molecule has 0 aromatic carbocycles. The Kier molecular flexibility index (Phi) is 11.4. The Balaban J connectivity index is 3.49. The summed E-state index contributed by atoms with van der Waals surface area (Å²) in [6.45, 7) is 13.3. The molecule has 0 aliphatic rings. The molecule has 1 nitrogen and oxygen atoms in total. The van der Waals surface area contributed by atoms with Crippen molar-refractivity contribution in [2.45, 2.75) is 96.9 Å². The van der Waals surface area contributed by atoms with Crippen molar-refractivity contribution < 1.29 is 4.43 Å². The third-order valence-corrected chi connectivity index (χ3v) is 6.64. The summed E-state index contributed by atoms with van der Waals surface area (Å²) in [5.41, 5.74) is 0. The third kappa shape index (κ3) is 10.2. The SMILES string of the molecule is C=C(CCCCCCCCC)O[SiH2]C(C)(CC)CC. The molecular weight excluding hydrogens is 248 g/mol. The monoisotopic (exact) mass is 284 g/mol. The normalized spacial score (nSPS) is 12.2. The summed E-state index contributed by atoms with van der Waals surface area (Å²) >= 11 is 0. The second kappa shape index (κ2) is 11.6. The highest BCUT2D eigenvalue weighted by Gasteiger charge is 2.21. The van der Waals surface area contributed by atoms with Gasteiger partial charge in [0.05, 0.1) is 5.76 Å². The van der Waals surface area contributed by atoms with E-state index in [1.54, 1.807) is 0 Å². The van der Waals surface area contributed by atoms with E-state index >= 15 is 0 Å². The van der Waals surface area contributed by atoms with E-state index in [1.807, 2.05) is 0 Å². The zero-order valence-corrected chi connectivity index (χ0v) is 15.3. The first kappa shape index (κ1) is 18.8. The molecular formula is C17H36OSi. The molecule has 0 saturated carbocycles. The van der Waals surface area contributed by atoms with Gasteiger partial charge in [0.1, 0.15) is 0 Å². The minimum atomic E-state index is -0.469. The van der Waals surface area contributed by atoms with Crippen molar-refractivity contribution in [3.05, 3.63) is 12.3 Å². The van der Waals surface area contributed by atoms with Crippen LogP contribution in [0.5, 0.6) is 0 Å². The largest absolute Gasteiger partial charge is 0.552 e. The Bertz CT molecular complexity index is 221. The van der Waals surface area contributed by atoms with Crippen molar-refractivity contribution in [2.75, 3.05) is 0 Å². The fourth-order valence-corrected chi connectivity index (χ4v) is 3.19. The lowest BCUT2D eigenvalue weighted by Gasteiger charge is -2.26. The molecule has 0 unspecified atom stereocenters. The molecule has 0 atom stereocenters. The van der Waals surface area contributed by atoms with Gasteiger partial charge in [0.25, 0.3) is 0 Å². The van der Waals surface area contributed by atoms with Crippen LogP contribution in [0.2, 0.25) is 5.04 Å². The molecule has 0 aromatic heterocycles. The summed E-state index contributed by atoms with van der Waals surface area (Å²) in [5, 5.41) is 0.461. The zero-order valence-electron chi connectivity index (χ0n) is 13.9. The summed E-state index contributed by atoms with van der Waals surface area (Å²) in [7, 11) is -0.469. The lowest BCUT2D eigenvalue weighted by molar-refractivity contribution is 0.381. The van der Waals surface area contributed by atoms with Crippen LogP contribution in [-0.4, -0.2) is 9.76 Å². The van der Waals surface area contributed by atoms with E-state index in [0.29, 0.717) is 5.04 Å². The van der Waals surface area contributed by atoms with Crippen LogP contribution in [0.4, 0.5) is 0 Å². The molecule has 0 rings (SSSR count). The van der Waals surface area contributed by atoms with Crippen LogP contribution in [0.25, 0.3) is 0 Å². The van der Waals surface area contributed by atoms with E-state index < -0.39 is 9.76 Å². The first-order chi connectivity index (χ1) is 9.08. The van der Waals surface area contributed by atoms with Crippen LogP contribution in [0.1, 0.15) is 91.9 Å². The third-order valence-electron chi connectivity index (χ3n) is 4.39. The zero-order chi connectivity index (χ0) is 14.6. The maximum atomic E-state index is 5.98. The molecule has 2 heteroatoms. The summed E-state index contributed by atoms with van der Waals surface area (Å²) in [6.07, 6.45) is 13.1. The van der Waals surface area contributed by atoms with Gasteiger partial charge in [-0.2, -0.15) is 0 Å². The topological polar surface area (TPSA) is 9.23 Å². The molecule has 0 spiro atoms. The van der Waals surface area contributed by atoms with Crippen molar-refractivity contribution in [3.8, 4) is 0 Å². The van der Waals surface area contributed by atoms with Crippen LogP contribution < -0.4 is 0 Å². The molecule has 19 heavy (non-hydrogen) atoms. The number of allylic oxidation sites excluding steroid dienone is 1. The second-order valence-electron chi connectivity index (χ2n) is 6.22. The van der Waals surface area contributed by atoms with E-state index in [0.717, 1.165) is 12.2 Å². The quantitative estimate of drug-likeness (QED) is 0.238. The smallest absolute Gasteiger partial charge is 0.224 e. The minimum absolute atomic E-state index is 0.461. The highest BCUT2D eigenvalue weighted by molar-refractivity contribution is 6.32. The molecule has 0 fully saturated rings. The second-order valence-corrected chi connectivity index (χ2v) is 8.50. The average Bonchev–Trinajstić information content (AvgIpc) is 2.44. The van der Waals surface area contributed by atoms with Gasteiger partial charge in [-0.05, 0) is 11.5 Å². The first-order valence-electron chi connectivity index (χ1n) is 8.38. The molecule has 0 bridgehead atoms. The van der Waals surface area contributed by atoms with Gasteiger partial charge in [-0.25, -0.2) is 0 Å². The lowest BCUT2D eigenvalue weighted by Crippen LogP contribution is -2.17. The van der Waals surface area contributed by atoms with Gasteiger partial charge in [0, 0.05) is 6.42 Å². The van der Waals surface area contributed by atoms with Crippen molar-refractivity contribution in [1.82, 2.24) is 0 Å². The molecule has 0 N–H and O–H groups in total. The summed E-state index contributed by atoms with van der Waals surface area (Å²) in [4.78, 5) is 0. The average molecular weight is 285 g/mol. The van der Waals surface area contributed by atoms with Crippen LogP contribution in [0.3, 0.4) is 0 Å². The van der Waals surface area contributed by atoms with Crippen LogP contribution >= 0.6 is 0 Å². The van der Waals surface area contributed by atoms with Gasteiger partial charge < -0.3 is 4.43 Å². The summed E-state index contributed by atoms with van der Waals surface area (Å²) in [5.74, 6) is 1.05. The molecule has 0 aliphatic carbocycles. The molecule has 0 aromatic rings. The van der Waals surface area contributed by atoms with Crippen LogP contribution in [0.15, 0.2) is 12.3 Å². The maximum Gasteiger partial charge on any atom is 0.224 e. The molecule has 0 heterocycles. The number of rotatable bonds is 13. The Labute approximate surface area is 124 Å². The highest BCUT2D eigenvalue weighted by atomic mass is 28.2. The van der Waals surface area contributed by atoms with Gasteiger partial charge in [-0.15, -0.1) is 0 Å². The number of hydrogen-bond donors (Lipinski definition) is 0. The number of hydrogen-bond acceptors (Lipinski definition) is 1. The van der Waals surface area contributed by atoms with Gasteiger partial charge in [-0.1, -0.05) is 85.6 Å². The Hall–Kier alpha value is -0.243. The molecule has 114 valence electrons. The predicted molar refractivity (Wildman–Crippen MR) is 90.3 cm³/mol. The van der Waals surface area contributed by atoms with Crippen molar-refractivity contribution in [1.29, 1.82) is 0 Å². The van der Waals surface area contributed by atoms with E-state index in [-0.39, 0.29) is 0 Å². The summed E-state index contributed by atoms with van der Waals surface area (Å²) < 4.78 is 5.98. The van der Waals surface area contributed by atoms with Crippen LogP contribution in [0, 0.1) is 0 Å². The van der Waals surface area contributed by atoms with Gasteiger partial charge in [0.2, 0.25) is 9.76 Å². The molecule has 0 radical (unpaired) electrons. The molecule has 0 amide bonds. The summed E-state index contributed by atoms with van der Waals surface area (Å²) in [6, 6.07) is 0.